The van der Waals surface area contributed by atoms with E-state index in [1.807, 2.05) is 29.2 Å². The van der Waals surface area contributed by atoms with Gasteiger partial charge in [-0.3, -0.25) is 4.79 Å². The Bertz CT molecular complexity index is 836. The summed E-state index contributed by atoms with van der Waals surface area (Å²) in [5.74, 6) is 0.0826. The van der Waals surface area contributed by atoms with Gasteiger partial charge in [0.25, 0.3) is 5.91 Å². The summed E-state index contributed by atoms with van der Waals surface area (Å²) in [6.07, 6.45) is 0.963. The van der Waals surface area contributed by atoms with Crippen molar-refractivity contribution in [2.24, 2.45) is 0 Å². The number of halogens is 1. The Morgan fingerprint density at radius 1 is 1.29 bits per heavy atom. The molecule has 1 aromatic carbocycles. The van der Waals surface area contributed by atoms with E-state index in [0.29, 0.717) is 5.69 Å². The SMILES string of the molecule is O=C(c1cc2cc(Br)ccc2[nH]1)N1CCc2sccc2C1. The molecule has 1 N–H and O–H groups in total. The number of nitrogens with one attached hydrogen (secondary N) is 1. The molecule has 1 aliphatic heterocycles. The number of rotatable bonds is 1. The fourth-order valence-corrected chi connectivity index (χ4v) is 4.08. The Morgan fingerprint density at radius 3 is 3.10 bits per heavy atom. The van der Waals surface area contributed by atoms with Gasteiger partial charge in [-0.15, -0.1) is 11.3 Å². The second-order valence-corrected chi connectivity index (χ2v) is 7.18. The number of aromatic amines is 1. The van der Waals surface area contributed by atoms with E-state index in [1.54, 1.807) is 11.3 Å². The highest BCUT2D eigenvalue weighted by Gasteiger charge is 2.23. The lowest BCUT2D eigenvalue weighted by Crippen LogP contribution is -2.35. The quantitative estimate of drug-likeness (QED) is 0.693. The van der Waals surface area contributed by atoms with Gasteiger partial charge in [0, 0.05) is 33.3 Å². The van der Waals surface area contributed by atoms with Gasteiger partial charge < -0.3 is 9.88 Å². The normalized spacial score (nSPS) is 14.4. The second-order valence-electron chi connectivity index (χ2n) is 5.26. The molecule has 3 heterocycles. The third kappa shape index (κ3) is 2.30. The summed E-state index contributed by atoms with van der Waals surface area (Å²) < 4.78 is 1.02. The van der Waals surface area contributed by atoms with Crippen LogP contribution in [-0.2, 0) is 13.0 Å². The number of hydrogen-bond acceptors (Lipinski definition) is 2. The number of thiophene rings is 1. The van der Waals surface area contributed by atoms with Crippen LogP contribution in [0.15, 0.2) is 40.2 Å². The maximum atomic E-state index is 12.7. The molecule has 3 nitrogen and oxygen atoms in total. The lowest BCUT2D eigenvalue weighted by molar-refractivity contribution is 0.0731. The average Bonchev–Trinajstić information content (AvgIpc) is 3.11. The largest absolute Gasteiger partial charge is 0.351 e. The fraction of sp³-hybridized carbons (Fsp3) is 0.188. The van der Waals surface area contributed by atoms with E-state index in [9.17, 15) is 4.79 Å². The first kappa shape index (κ1) is 13.1. The number of H-pyrrole nitrogens is 1. The molecule has 0 radical (unpaired) electrons. The van der Waals surface area contributed by atoms with Crippen molar-refractivity contribution in [2.75, 3.05) is 6.54 Å². The summed E-state index contributed by atoms with van der Waals surface area (Å²) in [6, 6.07) is 10.1. The molecular weight excluding hydrogens is 348 g/mol. The van der Waals surface area contributed by atoms with Crippen molar-refractivity contribution in [1.29, 1.82) is 0 Å². The molecule has 3 aromatic rings. The van der Waals surface area contributed by atoms with Crippen LogP contribution in [0.1, 0.15) is 20.9 Å². The van der Waals surface area contributed by atoms with Gasteiger partial charge >= 0.3 is 0 Å². The molecule has 0 saturated carbocycles. The molecule has 0 bridgehead atoms. The van der Waals surface area contributed by atoms with Crippen molar-refractivity contribution in [3.8, 4) is 0 Å². The van der Waals surface area contributed by atoms with Gasteiger partial charge in [-0.1, -0.05) is 15.9 Å². The van der Waals surface area contributed by atoms with Crippen LogP contribution in [-0.4, -0.2) is 22.3 Å². The van der Waals surface area contributed by atoms with Crippen molar-refractivity contribution in [3.05, 3.63) is 56.3 Å². The third-order valence-corrected chi connectivity index (χ3v) is 5.42. The summed E-state index contributed by atoms with van der Waals surface area (Å²) in [7, 11) is 0. The van der Waals surface area contributed by atoms with Crippen molar-refractivity contribution in [1.82, 2.24) is 9.88 Å². The maximum Gasteiger partial charge on any atom is 0.270 e. The van der Waals surface area contributed by atoms with Crippen molar-refractivity contribution >= 4 is 44.1 Å². The highest BCUT2D eigenvalue weighted by molar-refractivity contribution is 9.10. The first-order chi connectivity index (χ1) is 10.2. The Kier molecular flexibility index (Phi) is 3.12. The molecule has 1 amide bonds. The number of aromatic nitrogens is 1. The number of amides is 1. The number of benzene rings is 1. The molecular formula is C16H13BrN2OS. The van der Waals surface area contributed by atoms with Crippen molar-refractivity contribution in [3.63, 3.8) is 0 Å². The Morgan fingerprint density at radius 2 is 2.19 bits per heavy atom. The number of carbonyl (C=O) groups excluding carboxylic acids is 1. The highest BCUT2D eigenvalue weighted by atomic mass is 79.9. The molecule has 0 atom stereocenters. The predicted octanol–water partition coefficient (Wildman–Crippen LogP) is 4.19. The predicted molar refractivity (Wildman–Crippen MR) is 88.8 cm³/mol. The van der Waals surface area contributed by atoms with Crippen LogP contribution in [0, 0.1) is 0 Å². The molecule has 0 fully saturated rings. The van der Waals surface area contributed by atoms with E-state index in [-0.39, 0.29) is 5.91 Å². The van der Waals surface area contributed by atoms with Crippen LogP contribution in [0.5, 0.6) is 0 Å². The number of carbonyl (C=O) groups is 1. The van der Waals surface area contributed by atoms with Crippen LogP contribution in [0.4, 0.5) is 0 Å². The molecule has 2 aromatic heterocycles. The molecule has 0 saturated heterocycles. The van der Waals surface area contributed by atoms with Crippen LogP contribution in [0.3, 0.4) is 0 Å². The first-order valence-electron chi connectivity index (χ1n) is 6.83. The lowest BCUT2D eigenvalue weighted by Gasteiger charge is -2.26. The van der Waals surface area contributed by atoms with E-state index in [2.05, 4.69) is 32.4 Å². The summed E-state index contributed by atoms with van der Waals surface area (Å²) in [5.41, 5.74) is 2.95. The molecule has 5 heteroatoms. The highest BCUT2D eigenvalue weighted by Crippen LogP contribution is 2.26. The van der Waals surface area contributed by atoms with E-state index < -0.39 is 0 Å². The van der Waals surface area contributed by atoms with E-state index in [4.69, 9.17) is 0 Å². The first-order valence-corrected chi connectivity index (χ1v) is 8.51. The van der Waals surface area contributed by atoms with Gasteiger partial charge in [0.1, 0.15) is 5.69 Å². The average molecular weight is 361 g/mol. The zero-order valence-corrected chi connectivity index (χ0v) is 13.6. The summed E-state index contributed by atoms with van der Waals surface area (Å²) in [5, 5.41) is 3.17. The van der Waals surface area contributed by atoms with Gasteiger partial charge in [-0.2, -0.15) is 0 Å². The smallest absolute Gasteiger partial charge is 0.270 e. The van der Waals surface area contributed by atoms with E-state index in [1.165, 1.54) is 10.4 Å². The topological polar surface area (TPSA) is 36.1 Å². The summed E-state index contributed by atoms with van der Waals surface area (Å²) in [6.45, 7) is 1.52. The fourth-order valence-electron chi connectivity index (χ4n) is 2.81. The van der Waals surface area contributed by atoms with Crippen molar-refractivity contribution in [2.45, 2.75) is 13.0 Å². The molecule has 106 valence electrons. The zero-order valence-electron chi connectivity index (χ0n) is 11.2. The molecule has 0 spiro atoms. The molecule has 1 aliphatic rings. The van der Waals surface area contributed by atoms with Crippen LogP contribution in [0.2, 0.25) is 0 Å². The maximum absolute atomic E-state index is 12.7. The minimum atomic E-state index is 0.0826. The minimum Gasteiger partial charge on any atom is -0.351 e. The number of hydrogen-bond donors (Lipinski definition) is 1. The number of nitrogens with zero attached hydrogens (tertiary/aromatic N) is 1. The summed E-state index contributed by atoms with van der Waals surface area (Å²) in [4.78, 5) is 19.2. The summed E-state index contributed by atoms with van der Waals surface area (Å²) >= 11 is 5.25. The van der Waals surface area contributed by atoms with Crippen LogP contribution < -0.4 is 0 Å². The van der Waals surface area contributed by atoms with Crippen LogP contribution >= 0.6 is 27.3 Å². The molecule has 0 aliphatic carbocycles. The van der Waals surface area contributed by atoms with Gasteiger partial charge in [-0.05, 0) is 47.7 Å². The van der Waals surface area contributed by atoms with E-state index >= 15 is 0 Å². The van der Waals surface area contributed by atoms with Gasteiger partial charge in [0.05, 0.1) is 0 Å². The monoisotopic (exact) mass is 360 g/mol. The molecule has 4 rings (SSSR count). The van der Waals surface area contributed by atoms with Crippen molar-refractivity contribution < 1.29 is 4.79 Å². The lowest BCUT2D eigenvalue weighted by atomic mass is 10.1. The molecule has 21 heavy (non-hydrogen) atoms. The Labute approximate surface area is 134 Å². The zero-order chi connectivity index (χ0) is 14.4. The van der Waals surface area contributed by atoms with Gasteiger partial charge in [0.2, 0.25) is 0 Å². The van der Waals surface area contributed by atoms with Gasteiger partial charge in [0.15, 0.2) is 0 Å². The standard InChI is InChI=1S/C16H13BrN2OS/c17-12-1-2-13-11(7-12)8-14(18-13)16(20)19-5-3-15-10(9-19)4-6-21-15/h1-2,4,6-8,18H,3,5,9H2. The Hall–Kier alpha value is -1.59. The van der Waals surface area contributed by atoms with Gasteiger partial charge in [-0.25, -0.2) is 0 Å². The minimum absolute atomic E-state index is 0.0826. The third-order valence-electron chi connectivity index (χ3n) is 3.91. The Balaban J connectivity index is 1.64. The second kappa shape index (κ2) is 5.00. The molecule has 0 unspecified atom stereocenters. The van der Waals surface area contributed by atoms with Crippen LogP contribution in [0.25, 0.3) is 10.9 Å². The van der Waals surface area contributed by atoms with E-state index in [0.717, 1.165) is 34.9 Å². The number of fused-ring (bicyclic) bond motifs is 2.